The third kappa shape index (κ3) is 5.05. The lowest BCUT2D eigenvalue weighted by molar-refractivity contribution is -0.0220. The fourth-order valence-electron chi connectivity index (χ4n) is 4.33. The van der Waals surface area contributed by atoms with Gasteiger partial charge in [0.05, 0.1) is 22.7 Å². The van der Waals surface area contributed by atoms with Crippen molar-refractivity contribution in [3.63, 3.8) is 0 Å². The second-order valence-electron chi connectivity index (χ2n) is 9.29. The first-order valence-electron chi connectivity index (χ1n) is 11.3. The van der Waals surface area contributed by atoms with E-state index in [4.69, 9.17) is 0 Å². The number of aromatic nitrogens is 2. The molecule has 0 spiro atoms. The van der Waals surface area contributed by atoms with E-state index < -0.39 is 15.8 Å². The fraction of sp³-hybridized carbons (Fsp3) is 0.565. The molecule has 0 N–H and O–H groups in total. The van der Waals surface area contributed by atoms with Crippen LogP contribution in [-0.4, -0.2) is 54.3 Å². The lowest BCUT2D eigenvalue weighted by Gasteiger charge is -2.35. The van der Waals surface area contributed by atoms with E-state index in [2.05, 4.69) is 18.9 Å². The first-order valence-corrected chi connectivity index (χ1v) is 13.2. The van der Waals surface area contributed by atoms with Gasteiger partial charge in [-0.25, -0.2) is 17.2 Å². The Balaban J connectivity index is 1.59. The molecule has 7 nitrogen and oxygen atoms in total. The van der Waals surface area contributed by atoms with Crippen molar-refractivity contribution in [1.82, 2.24) is 14.7 Å². The van der Waals surface area contributed by atoms with E-state index in [1.807, 2.05) is 10.9 Å². The maximum Gasteiger partial charge on any atom is 0.256 e. The monoisotopic (exact) mass is 480 g/mol. The summed E-state index contributed by atoms with van der Waals surface area (Å²) in [5.41, 5.74) is 2.53. The summed E-state index contributed by atoms with van der Waals surface area (Å²) in [5, 5.41) is 4.62. The molecular formula is C23H30F2N4O3S. The highest BCUT2D eigenvalue weighted by atomic mass is 32.2. The number of anilines is 1. The van der Waals surface area contributed by atoms with Crippen LogP contribution in [0, 0.1) is 5.92 Å². The van der Waals surface area contributed by atoms with Gasteiger partial charge in [0, 0.05) is 62.7 Å². The van der Waals surface area contributed by atoms with E-state index in [1.165, 1.54) is 12.1 Å². The van der Waals surface area contributed by atoms with E-state index in [9.17, 15) is 22.0 Å². The van der Waals surface area contributed by atoms with Gasteiger partial charge in [0.25, 0.3) is 11.8 Å². The smallest absolute Gasteiger partial charge is 0.256 e. The molecule has 1 saturated heterocycles. The molecule has 1 fully saturated rings. The molecule has 0 aliphatic carbocycles. The van der Waals surface area contributed by atoms with Crippen molar-refractivity contribution in [1.29, 1.82) is 0 Å². The highest BCUT2D eigenvalue weighted by molar-refractivity contribution is 7.90. The highest BCUT2D eigenvalue weighted by Gasteiger charge is 2.36. The van der Waals surface area contributed by atoms with Crippen LogP contribution in [0.5, 0.6) is 0 Å². The quantitative estimate of drug-likeness (QED) is 0.630. The van der Waals surface area contributed by atoms with Crippen LogP contribution in [0.1, 0.15) is 54.7 Å². The van der Waals surface area contributed by atoms with Gasteiger partial charge in [0.15, 0.2) is 9.84 Å². The number of benzene rings is 1. The Morgan fingerprint density at radius 3 is 2.52 bits per heavy atom. The number of halogens is 2. The van der Waals surface area contributed by atoms with Crippen LogP contribution in [0.4, 0.5) is 14.5 Å². The molecule has 180 valence electrons. The molecule has 10 heteroatoms. The van der Waals surface area contributed by atoms with E-state index in [1.54, 1.807) is 15.9 Å². The van der Waals surface area contributed by atoms with Gasteiger partial charge in [-0.2, -0.15) is 5.10 Å². The molecule has 0 bridgehead atoms. The van der Waals surface area contributed by atoms with Crippen molar-refractivity contribution in [2.24, 2.45) is 5.92 Å². The molecule has 4 rings (SSSR count). The fourth-order valence-corrected chi connectivity index (χ4v) is 4.98. The van der Waals surface area contributed by atoms with Gasteiger partial charge in [-0.15, -0.1) is 0 Å². The van der Waals surface area contributed by atoms with Gasteiger partial charge in [-0.05, 0) is 24.1 Å². The first-order chi connectivity index (χ1) is 15.5. The average molecular weight is 481 g/mol. The van der Waals surface area contributed by atoms with Crippen LogP contribution in [0.2, 0.25) is 0 Å². The van der Waals surface area contributed by atoms with E-state index in [0.717, 1.165) is 30.5 Å². The second kappa shape index (κ2) is 8.70. The summed E-state index contributed by atoms with van der Waals surface area (Å²) < 4.78 is 53.6. The van der Waals surface area contributed by atoms with Crippen LogP contribution in [0.3, 0.4) is 0 Å². The molecule has 1 amide bonds. The number of carbonyl (C=O) groups is 1. The number of rotatable bonds is 6. The molecule has 3 heterocycles. The van der Waals surface area contributed by atoms with Crippen LogP contribution in [0.15, 0.2) is 29.3 Å². The second-order valence-corrected chi connectivity index (χ2v) is 11.3. The maximum atomic E-state index is 13.7. The lowest BCUT2D eigenvalue weighted by Crippen LogP contribution is -2.40. The number of amides is 1. The van der Waals surface area contributed by atoms with Crippen molar-refractivity contribution in [3.05, 3.63) is 41.2 Å². The van der Waals surface area contributed by atoms with Crippen molar-refractivity contribution < 1.29 is 22.0 Å². The number of sulfone groups is 1. The molecule has 2 aromatic rings. The maximum absolute atomic E-state index is 13.7. The van der Waals surface area contributed by atoms with Gasteiger partial charge in [-0.3, -0.25) is 9.48 Å². The SMILES string of the molecule is CC[C@H](C)Cn1cc2c(n1)CN(C(=O)c1cc(S(C)(=O)=O)ccc1N1CCC(F)(F)CC1)C2. The number of carbonyl (C=O) groups excluding carboxylic acids is 1. The van der Waals surface area contributed by atoms with Gasteiger partial charge < -0.3 is 9.80 Å². The number of piperidine rings is 1. The first kappa shape index (κ1) is 23.7. The van der Waals surface area contributed by atoms with Crippen LogP contribution in [-0.2, 0) is 29.5 Å². The van der Waals surface area contributed by atoms with E-state index >= 15 is 0 Å². The van der Waals surface area contributed by atoms with E-state index in [-0.39, 0.29) is 42.3 Å². The Morgan fingerprint density at radius 1 is 1.21 bits per heavy atom. The Hall–Kier alpha value is -2.49. The number of alkyl halides is 2. The van der Waals surface area contributed by atoms with Gasteiger partial charge in [0.2, 0.25) is 0 Å². The lowest BCUT2D eigenvalue weighted by atomic mass is 10.0. The number of hydrogen-bond donors (Lipinski definition) is 0. The zero-order valence-electron chi connectivity index (χ0n) is 19.2. The Morgan fingerprint density at radius 2 is 1.91 bits per heavy atom. The summed E-state index contributed by atoms with van der Waals surface area (Å²) in [7, 11) is -3.54. The number of nitrogens with zero attached hydrogens (tertiary/aromatic N) is 4. The molecule has 2 aliphatic rings. The zero-order valence-corrected chi connectivity index (χ0v) is 20.0. The van der Waals surface area contributed by atoms with Gasteiger partial charge >= 0.3 is 0 Å². The molecule has 1 atom stereocenters. The Kier molecular flexibility index (Phi) is 6.24. The molecule has 1 aromatic carbocycles. The topological polar surface area (TPSA) is 75.5 Å². The molecule has 0 radical (unpaired) electrons. The predicted octanol–water partition coefficient (Wildman–Crippen LogP) is 3.72. The minimum atomic E-state index is -3.54. The van der Waals surface area contributed by atoms with Gasteiger partial charge in [0.1, 0.15) is 0 Å². The van der Waals surface area contributed by atoms with Crippen molar-refractivity contribution in [3.8, 4) is 0 Å². The highest BCUT2D eigenvalue weighted by Crippen LogP contribution is 2.34. The summed E-state index contributed by atoms with van der Waals surface area (Å²) >= 11 is 0. The molecule has 1 aromatic heterocycles. The van der Waals surface area contributed by atoms with Crippen LogP contribution < -0.4 is 4.90 Å². The van der Waals surface area contributed by atoms with Crippen molar-refractivity contribution in [2.45, 2.75) is 63.6 Å². The number of fused-ring (bicyclic) bond motifs is 1. The van der Waals surface area contributed by atoms with Crippen molar-refractivity contribution in [2.75, 3.05) is 24.2 Å². The summed E-state index contributed by atoms with van der Waals surface area (Å²) in [5.74, 6) is -2.54. The third-order valence-corrected chi connectivity index (χ3v) is 7.68. The van der Waals surface area contributed by atoms with E-state index in [0.29, 0.717) is 24.7 Å². The summed E-state index contributed by atoms with van der Waals surface area (Å²) in [6, 6.07) is 4.38. The van der Waals surface area contributed by atoms with Crippen molar-refractivity contribution >= 4 is 21.4 Å². The van der Waals surface area contributed by atoms with Gasteiger partial charge in [-0.1, -0.05) is 20.3 Å². The predicted molar refractivity (Wildman–Crippen MR) is 121 cm³/mol. The Bertz CT molecular complexity index is 1130. The molecule has 33 heavy (non-hydrogen) atoms. The average Bonchev–Trinajstić information content (AvgIpc) is 3.30. The molecular weight excluding hydrogens is 450 g/mol. The standard InChI is InChI=1S/C23H30F2N4O3S/c1-4-16(2)12-29-14-17-13-28(15-20(17)26-29)22(30)19-11-18(33(3,31)32)5-6-21(19)27-9-7-23(24,25)8-10-27/h5-6,11,14,16H,4,7-10,12-13,15H2,1-3H3/t16-/m0/s1. The minimum absolute atomic E-state index is 0.0348. The molecule has 0 unspecified atom stereocenters. The summed E-state index contributed by atoms with van der Waals surface area (Å²) in [6.45, 7) is 6.04. The largest absolute Gasteiger partial charge is 0.370 e. The molecule has 2 aliphatic heterocycles. The van der Waals surface area contributed by atoms with Crippen LogP contribution in [0.25, 0.3) is 0 Å². The Labute approximate surface area is 193 Å². The number of hydrogen-bond acceptors (Lipinski definition) is 5. The normalized spacial score (nSPS) is 18.9. The third-order valence-electron chi connectivity index (χ3n) is 6.57. The zero-order chi connectivity index (χ0) is 24.0. The minimum Gasteiger partial charge on any atom is -0.370 e. The van der Waals surface area contributed by atoms with Crippen LogP contribution >= 0.6 is 0 Å². The summed E-state index contributed by atoms with van der Waals surface area (Å²) in [6.07, 6.45) is 3.51. The summed E-state index contributed by atoms with van der Waals surface area (Å²) in [4.78, 5) is 16.9. The molecule has 0 saturated carbocycles.